The minimum absolute atomic E-state index is 0.253. The molecule has 2 amide bonds. The molecule has 5 rings (SSSR count). The molecule has 0 aliphatic carbocycles. The lowest BCUT2D eigenvalue weighted by atomic mass is 9.89. The van der Waals surface area contributed by atoms with Gasteiger partial charge in [0.05, 0.1) is 25.6 Å². The van der Waals surface area contributed by atoms with Gasteiger partial charge in [-0.3, -0.25) is 9.59 Å². The van der Waals surface area contributed by atoms with Gasteiger partial charge in [0, 0.05) is 0 Å². The second kappa shape index (κ2) is 14.7. The van der Waals surface area contributed by atoms with E-state index in [2.05, 4.69) is 10.6 Å². The summed E-state index contributed by atoms with van der Waals surface area (Å²) in [4.78, 5) is 28.4. The molecule has 5 aromatic rings. The van der Waals surface area contributed by atoms with E-state index in [1.165, 1.54) is 0 Å². The molecule has 0 saturated heterocycles. The molecule has 0 aromatic heterocycles. The van der Waals surface area contributed by atoms with Crippen molar-refractivity contribution in [2.45, 2.75) is 24.9 Å². The highest BCUT2D eigenvalue weighted by atomic mass is 16.5. The number of rotatable bonds is 12. The maximum absolute atomic E-state index is 14.2. The van der Waals surface area contributed by atoms with Crippen LogP contribution in [-0.4, -0.2) is 25.5 Å². The molecule has 0 saturated carbocycles. The molecule has 0 aliphatic heterocycles. The Morgan fingerprint density at radius 1 is 0.545 bits per heavy atom. The zero-order valence-electron chi connectivity index (χ0n) is 24.9. The Morgan fingerprint density at radius 3 is 1.27 bits per heavy atom. The van der Waals surface area contributed by atoms with Crippen LogP contribution in [-0.2, 0) is 9.59 Å². The van der Waals surface area contributed by atoms with Gasteiger partial charge in [0.25, 0.3) is 0 Å². The van der Waals surface area contributed by atoms with Crippen LogP contribution in [0.5, 0.6) is 11.5 Å². The number of amides is 2. The maximum Gasteiger partial charge on any atom is 0.233 e. The van der Waals surface area contributed by atoms with E-state index in [1.54, 1.807) is 19.2 Å². The minimum atomic E-state index is -0.871. The van der Waals surface area contributed by atoms with Gasteiger partial charge >= 0.3 is 0 Å². The van der Waals surface area contributed by atoms with Crippen LogP contribution in [0.2, 0.25) is 0 Å². The topological polar surface area (TPSA) is 76.7 Å². The third-order valence-electron chi connectivity index (χ3n) is 7.45. The first-order chi connectivity index (χ1) is 21.6. The van der Waals surface area contributed by atoms with Crippen molar-refractivity contribution < 1.29 is 19.1 Å². The smallest absolute Gasteiger partial charge is 0.233 e. The highest BCUT2D eigenvalue weighted by Gasteiger charge is 2.30. The van der Waals surface area contributed by atoms with E-state index in [0.29, 0.717) is 23.7 Å². The van der Waals surface area contributed by atoms with Crippen LogP contribution in [0.1, 0.15) is 52.7 Å². The van der Waals surface area contributed by atoms with Crippen molar-refractivity contribution in [3.63, 3.8) is 0 Å². The molecular weight excluding hydrogens is 548 g/mol. The third-order valence-corrected chi connectivity index (χ3v) is 7.45. The Labute approximate surface area is 258 Å². The van der Waals surface area contributed by atoms with Gasteiger partial charge in [-0.05, 0) is 46.9 Å². The Kier molecular flexibility index (Phi) is 10.1. The van der Waals surface area contributed by atoms with Gasteiger partial charge in [0.15, 0.2) is 11.5 Å². The fourth-order valence-electron chi connectivity index (χ4n) is 5.36. The van der Waals surface area contributed by atoms with Crippen LogP contribution in [0.15, 0.2) is 140 Å². The van der Waals surface area contributed by atoms with Crippen LogP contribution in [0.25, 0.3) is 0 Å². The van der Waals surface area contributed by atoms with Crippen LogP contribution in [0.3, 0.4) is 0 Å². The molecule has 44 heavy (non-hydrogen) atoms. The lowest BCUT2D eigenvalue weighted by Crippen LogP contribution is -2.44. The van der Waals surface area contributed by atoms with E-state index in [9.17, 15) is 9.59 Å². The van der Waals surface area contributed by atoms with Gasteiger partial charge in [-0.15, -0.1) is 0 Å². The fourth-order valence-corrected chi connectivity index (χ4v) is 5.36. The van der Waals surface area contributed by atoms with Gasteiger partial charge in [0.1, 0.15) is 6.17 Å². The van der Waals surface area contributed by atoms with E-state index in [0.717, 1.165) is 22.3 Å². The van der Waals surface area contributed by atoms with Gasteiger partial charge in [-0.1, -0.05) is 127 Å². The molecule has 0 atom stereocenters. The molecule has 0 aliphatic rings. The number of methoxy groups -OCH3 is 1. The quantitative estimate of drug-likeness (QED) is 0.155. The standard InChI is InChI=1S/C38H36N2O4/c1-3-44-32-25-24-31(26-33(32)43-2)36(39-37(41)34(27-16-8-4-9-17-27)28-18-10-5-11-19-28)40-38(42)35(29-20-12-6-13-21-29)30-22-14-7-15-23-30/h4-26,34-36H,3H2,1-2H3,(H,39,41)(H,40,42). The highest BCUT2D eigenvalue weighted by molar-refractivity contribution is 5.90. The molecule has 6 nitrogen and oxygen atoms in total. The SMILES string of the molecule is CCOc1ccc(C(NC(=O)C(c2ccccc2)c2ccccc2)NC(=O)C(c2ccccc2)c2ccccc2)cc1OC. The predicted molar refractivity (Wildman–Crippen MR) is 173 cm³/mol. The normalized spacial score (nSPS) is 10.9. The molecule has 0 spiro atoms. The minimum Gasteiger partial charge on any atom is -0.493 e. The lowest BCUT2D eigenvalue weighted by molar-refractivity contribution is -0.125. The van der Waals surface area contributed by atoms with Crippen molar-refractivity contribution in [2.75, 3.05) is 13.7 Å². The summed E-state index contributed by atoms with van der Waals surface area (Å²) in [6.45, 7) is 2.37. The average Bonchev–Trinajstić information content (AvgIpc) is 3.07. The zero-order valence-corrected chi connectivity index (χ0v) is 24.9. The first kappa shape index (κ1) is 30.1. The van der Waals surface area contributed by atoms with Gasteiger partial charge in [-0.25, -0.2) is 0 Å². The number of nitrogens with one attached hydrogen (secondary N) is 2. The molecule has 0 fully saturated rings. The van der Waals surface area contributed by atoms with E-state index >= 15 is 0 Å². The summed E-state index contributed by atoms with van der Waals surface area (Å²) in [7, 11) is 1.56. The van der Waals surface area contributed by atoms with Gasteiger partial charge in [0.2, 0.25) is 11.8 Å². The van der Waals surface area contributed by atoms with Gasteiger partial charge < -0.3 is 20.1 Å². The number of ether oxygens (including phenoxy) is 2. The van der Waals surface area contributed by atoms with Crippen molar-refractivity contribution >= 4 is 11.8 Å². The number of carbonyl (C=O) groups is 2. The summed E-state index contributed by atoms with van der Waals surface area (Å²) in [5.41, 5.74) is 4.02. The monoisotopic (exact) mass is 584 g/mol. The molecular formula is C38H36N2O4. The predicted octanol–water partition coefficient (Wildman–Crippen LogP) is 6.99. The Bertz CT molecular complexity index is 1470. The van der Waals surface area contributed by atoms with Crippen molar-refractivity contribution in [1.29, 1.82) is 0 Å². The maximum atomic E-state index is 14.2. The summed E-state index contributed by atoms with van der Waals surface area (Å²) in [5, 5.41) is 6.31. The molecule has 0 bridgehead atoms. The van der Waals surface area contributed by atoms with Crippen LogP contribution in [0.4, 0.5) is 0 Å². The summed E-state index contributed by atoms with van der Waals surface area (Å²) >= 11 is 0. The lowest BCUT2D eigenvalue weighted by Gasteiger charge is -2.27. The van der Waals surface area contributed by atoms with E-state index < -0.39 is 18.0 Å². The fraction of sp³-hybridized carbons (Fsp3) is 0.158. The van der Waals surface area contributed by atoms with Crippen molar-refractivity contribution in [3.05, 3.63) is 167 Å². The molecule has 5 aromatic carbocycles. The molecule has 0 unspecified atom stereocenters. The molecule has 2 N–H and O–H groups in total. The van der Waals surface area contributed by atoms with E-state index in [-0.39, 0.29) is 11.8 Å². The first-order valence-electron chi connectivity index (χ1n) is 14.7. The van der Waals surface area contributed by atoms with Crippen molar-refractivity contribution in [1.82, 2.24) is 10.6 Å². The molecule has 0 radical (unpaired) electrons. The van der Waals surface area contributed by atoms with Crippen LogP contribution in [0, 0.1) is 0 Å². The van der Waals surface area contributed by atoms with E-state index in [4.69, 9.17) is 9.47 Å². The third kappa shape index (κ3) is 7.16. The molecule has 222 valence electrons. The summed E-state index contributed by atoms with van der Waals surface area (Å²) in [6, 6.07) is 43.9. The van der Waals surface area contributed by atoms with E-state index in [1.807, 2.05) is 134 Å². The van der Waals surface area contributed by atoms with Crippen LogP contribution >= 0.6 is 0 Å². The van der Waals surface area contributed by atoms with Crippen molar-refractivity contribution in [2.24, 2.45) is 0 Å². The number of hydrogen-bond acceptors (Lipinski definition) is 4. The first-order valence-corrected chi connectivity index (χ1v) is 14.7. The Morgan fingerprint density at radius 2 is 0.932 bits per heavy atom. The zero-order chi connectivity index (χ0) is 30.7. The number of hydrogen-bond donors (Lipinski definition) is 2. The summed E-state index contributed by atoms with van der Waals surface area (Å²) < 4.78 is 11.4. The highest BCUT2D eigenvalue weighted by Crippen LogP contribution is 2.32. The Balaban J connectivity index is 1.54. The Hall–Kier alpha value is -5.36. The summed E-state index contributed by atoms with van der Waals surface area (Å²) in [5.74, 6) is -0.620. The second-order valence-electron chi connectivity index (χ2n) is 10.3. The van der Waals surface area contributed by atoms with Crippen molar-refractivity contribution in [3.8, 4) is 11.5 Å². The summed E-state index contributed by atoms with van der Waals surface area (Å²) in [6.07, 6.45) is -0.871. The molecule has 6 heteroatoms. The average molecular weight is 585 g/mol. The van der Waals surface area contributed by atoms with Gasteiger partial charge in [-0.2, -0.15) is 0 Å². The largest absolute Gasteiger partial charge is 0.493 e. The number of benzene rings is 5. The van der Waals surface area contributed by atoms with Crippen LogP contribution < -0.4 is 20.1 Å². The number of carbonyl (C=O) groups excluding carboxylic acids is 2. The molecule has 0 heterocycles. The second-order valence-corrected chi connectivity index (χ2v) is 10.3.